The Bertz CT molecular complexity index is 598. The molecule has 20 heavy (non-hydrogen) atoms. The molecule has 0 aliphatic rings. The number of hydrogen-bond acceptors (Lipinski definition) is 2. The van der Waals surface area contributed by atoms with E-state index >= 15 is 0 Å². The molecule has 4 heteroatoms. The molecule has 0 saturated carbocycles. The molecule has 0 bridgehead atoms. The van der Waals surface area contributed by atoms with Crippen molar-refractivity contribution in [2.75, 3.05) is 5.32 Å². The Hall–Kier alpha value is -1.26. The van der Waals surface area contributed by atoms with E-state index in [2.05, 4.69) is 21.2 Å². The van der Waals surface area contributed by atoms with Gasteiger partial charge < -0.3 is 5.32 Å². The number of carbonyl (C=O) groups excluding carboxylic acids is 1. The first-order valence-electron chi connectivity index (χ1n) is 6.34. The maximum Gasteiger partial charge on any atom is 0.237 e. The molecule has 0 fully saturated rings. The van der Waals surface area contributed by atoms with E-state index < -0.39 is 0 Å². The first-order chi connectivity index (χ1) is 9.54. The monoisotopic (exact) mass is 349 g/mol. The highest BCUT2D eigenvalue weighted by molar-refractivity contribution is 9.10. The van der Waals surface area contributed by atoms with Gasteiger partial charge in [-0.3, -0.25) is 4.79 Å². The van der Waals surface area contributed by atoms with Crippen LogP contribution in [0, 0.1) is 6.92 Å². The number of benzene rings is 2. The lowest BCUT2D eigenvalue weighted by Gasteiger charge is -2.12. The van der Waals surface area contributed by atoms with E-state index in [0.29, 0.717) is 0 Å². The molecule has 1 N–H and O–H groups in total. The van der Waals surface area contributed by atoms with Crippen LogP contribution in [0.15, 0.2) is 57.9 Å². The summed E-state index contributed by atoms with van der Waals surface area (Å²) in [5.41, 5.74) is 1.98. The number of carbonyl (C=O) groups is 1. The quantitative estimate of drug-likeness (QED) is 0.797. The summed E-state index contributed by atoms with van der Waals surface area (Å²) >= 11 is 4.95. The summed E-state index contributed by atoms with van der Waals surface area (Å²) in [6.45, 7) is 3.92. The summed E-state index contributed by atoms with van der Waals surface area (Å²) in [5.74, 6) is 0.0171. The van der Waals surface area contributed by atoms with E-state index in [1.54, 1.807) is 11.8 Å². The van der Waals surface area contributed by atoms with Crippen LogP contribution in [0.25, 0.3) is 0 Å². The standard InChI is InChI=1S/C16H16BrNOS/c1-11-4-3-5-14(10-11)18-16(19)12(2)20-15-8-6-13(17)7-9-15/h3-10,12H,1-2H3,(H,18,19). The molecule has 0 radical (unpaired) electrons. The number of nitrogens with one attached hydrogen (secondary N) is 1. The maximum absolute atomic E-state index is 12.2. The van der Waals surface area contributed by atoms with Crippen LogP contribution >= 0.6 is 27.7 Å². The van der Waals surface area contributed by atoms with Crippen LogP contribution in [0.5, 0.6) is 0 Å². The fourth-order valence-corrected chi connectivity index (χ4v) is 2.87. The second kappa shape index (κ2) is 6.95. The summed E-state index contributed by atoms with van der Waals surface area (Å²) in [6, 6.07) is 15.8. The maximum atomic E-state index is 12.2. The van der Waals surface area contributed by atoms with E-state index in [4.69, 9.17) is 0 Å². The Morgan fingerprint density at radius 3 is 2.55 bits per heavy atom. The van der Waals surface area contributed by atoms with Crippen molar-refractivity contribution in [1.29, 1.82) is 0 Å². The van der Waals surface area contributed by atoms with Gasteiger partial charge in [0, 0.05) is 15.1 Å². The van der Waals surface area contributed by atoms with Crippen LogP contribution in [-0.4, -0.2) is 11.2 Å². The van der Waals surface area contributed by atoms with E-state index in [0.717, 1.165) is 20.6 Å². The zero-order valence-corrected chi connectivity index (χ0v) is 13.8. The summed E-state index contributed by atoms with van der Waals surface area (Å²) in [5, 5.41) is 2.80. The minimum atomic E-state index is -0.142. The highest BCUT2D eigenvalue weighted by atomic mass is 79.9. The molecule has 0 aromatic heterocycles. The van der Waals surface area contributed by atoms with Crippen molar-refractivity contribution in [3.63, 3.8) is 0 Å². The Kier molecular flexibility index (Phi) is 5.26. The zero-order valence-electron chi connectivity index (χ0n) is 11.4. The molecule has 0 heterocycles. The number of thioether (sulfide) groups is 1. The molecule has 2 rings (SSSR count). The van der Waals surface area contributed by atoms with Crippen molar-refractivity contribution in [3.8, 4) is 0 Å². The van der Waals surface area contributed by atoms with Crippen molar-refractivity contribution >= 4 is 39.3 Å². The predicted octanol–water partition coefficient (Wildman–Crippen LogP) is 4.88. The normalized spacial score (nSPS) is 11.9. The van der Waals surface area contributed by atoms with Gasteiger partial charge in [0.05, 0.1) is 5.25 Å². The molecular formula is C16H16BrNOS. The van der Waals surface area contributed by atoms with E-state index in [9.17, 15) is 4.79 Å². The topological polar surface area (TPSA) is 29.1 Å². The number of rotatable bonds is 4. The fraction of sp³-hybridized carbons (Fsp3) is 0.188. The molecule has 0 spiro atoms. The first kappa shape index (κ1) is 15.1. The SMILES string of the molecule is Cc1cccc(NC(=O)C(C)Sc2ccc(Br)cc2)c1. The van der Waals surface area contributed by atoms with Crippen molar-refractivity contribution in [3.05, 3.63) is 58.6 Å². The summed E-state index contributed by atoms with van der Waals surface area (Å²) < 4.78 is 1.04. The molecule has 0 aliphatic carbocycles. The van der Waals surface area contributed by atoms with Gasteiger partial charge in [-0.1, -0.05) is 28.1 Å². The van der Waals surface area contributed by atoms with Gasteiger partial charge in [0.2, 0.25) is 5.91 Å². The molecule has 104 valence electrons. The fourth-order valence-electron chi connectivity index (χ4n) is 1.74. The number of anilines is 1. The summed E-state index contributed by atoms with van der Waals surface area (Å²) in [7, 11) is 0. The van der Waals surface area contributed by atoms with Crippen molar-refractivity contribution < 1.29 is 4.79 Å². The molecule has 2 nitrogen and oxygen atoms in total. The van der Waals surface area contributed by atoms with Gasteiger partial charge in [0.15, 0.2) is 0 Å². The minimum Gasteiger partial charge on any atom is -0.325 e. The van der Waals surface area contributed by atoms with Gasteiger partial charge >= 0.3 is 0 Å². The van der Waals surface area contributed by atoms with Gasteiger partial charge in [0.1, 0.15) is 0 Å². The van der Waals surface area contributed by atoms with E-state index in [-0.39, 0.29) is 11.2 Å². The van der Waals surface area contributed by atoms with Crippen molar-refractivity contribution in [1.82, 2.24) is 0 Å². The Balaban J connectivity index is 1.96. The number of aryl methyl sites for hydroxylation is 1. The minimum absolute atomic E-state index is 0.0171. The molecule has 2 aromatic carbocycles. The van der Waals surface area contributed by atoms with Gasteiger partial charge in [-0.15, -0.1) is 11.8 Å². The molecular weight excluding hydrogens is 334 g/mol. The molecule has 1 unspecified atom stereocenters. The lowest BCUT2D eigenvalue weighted by molar-refractivity contribution is -0.115. The molecule has 0 aliphatic heterocycles. The van der Waals surface area contributed by atoms with Gasteiger partial charge in [-0.05, 0) is 55.8 Å². The molecule has 1 amide bonds. The summed E-state index contributed by atoms with van der Waals surface area (Å²) in [4.78, 5) is 13.2. The van der Waals surface area contributed by atoms with Gasteiger partial charge in [-0.25, -0.2) is 0 Å². The molecule has 1 atom stereocenters. The Morgan fingerprint density at radius 2 is 1.90 bits per heavy atom. The van der Waals surface area contributed by atoms with Crippen LogP contribution < -0.4 is 5.32 Å². The molecule has 0 saturated heterocycles. The highest BCUT2D eigenvalue weighted by Crippen LogP contribution is 2.25. The van der Waals surface area contributed by atoms with E-state index in [1.807, 2.05) is 62.4 Å². The second-order valence-electron chi connectivity index (χ2n) is 4.57. The Labute approximate surface area is 132 Å². The van der Waals surface area contributed by atoms with Gasteiger partial charge in [-0.2, -0.15) is 0 Å². The number of halogens is 1. The van der Waals surface area contributed by atoms with Crippen LogP contribution in [0.1, 0.15) is 12.5 Å². The average molecular weight is 350 g/mol. The van der Waals surface area contributed by atoms with Crippen LogP contribution in [0.2, 0.25) is 0 Å². The third kappa shape index (κ3) is 4.39. The van der Waals surface area contributed by atoms with E-state index in [1.165, 1.54) is 0 Å². The second-order valence-corrected chi connectivity index (χ2v) is 6.90. The van der Waals surface area contributed by atoms with Crippen LogP contribution in [-0.2, 0) is 4.79 Å². The third-order valence-corrected chi connectivity index (χ3v) is 4.42. The molecule has 2 aromatic rings. The smallest absolute Gasteiger partial charge is 0.237 e. The lowest BCUT2D eigenvalue weighted by Crippen LogP contribution is -2.22. The first-order valence-corrected chi connectivity index (χ1v) is 8.01. The Morgan fingerprint density at radius 1 is 1.20 bits per heavy atom. The number of amides is 1. The van der Waals surface area contributed by atoms with Crippen molar-refractivity contribution in [2.45, 2.75) is 24.0 Å². The van der Waals surface area contributed by atoms with Crippen molar-refractivity contribution in [2.24, 2.45) is 0 Å². The predicted molar refractivity (Wildman–Crippen MR) is 89.3 cm³/mol. The largest absolute Gasteiger partial charge is 0.325 e. The average Bonchev–Trinajstić information content (AvgIpc) is 2.41. The zero-order chi connectivity index (χ0) is 14.5. The van der Waals surface area contributed by atoms with Gasteiger partial charge in [0.25, 0.3) is 0 Å². The highest BCUT2D eigenvalue weighted by Gasteiger charge is 2.14. The van der Waals surface area contributed by atoms with Crippen LogP contribution in [0.4, 0.5) is 5.69 Å². The number of hydrogen-bond donors (Lipinski definition) is 1. The third-order valence-electron chi connectivity index (χ3n) is 2.78. The summed E-state index contributed by atoms with van der Waals surface area (Å²) in [6.07, 6.45) is 0. The van der Waals surface area contributed by atoms with Crippen LogP contribution in [0.3, 0.4) is 0 Å². The lowest BCUT2D eigenvalue weighted by atomic mass is 10.2.